The van der Waals surface area contributed by atoms with Crippen LogP contribution in [-0.4, -0.2) is 18.5 Å². The predicted molar refractivity (Wildman–Crippen MR) is 60.7 cm³/mol. The highest BCUT2D eigenvalue weighted by Crippen LogP contribution is 2.27. The Balaban J connectivity index is 2.37. The second-order valence-corrected chi connectivity index (χ2v) is 4.16. The van der Waals surface area contributed by atoms with E-state index in [0.29, 0.717) is 6.54 Å². The van der Waals surface area contributed by atoms with Crippen molar-refractivity contribution in [3.8, 4) is 0 Å². The normalized spacial score (nSPS) is 16.8. The van der Waals surface area contributed by atoms with E-state index in [9.17, 15) is 9.18 Å². The highest BCUT2D eigenvalue weighted by Gasteiger charge is 2.24. The summed E-state index contributed by atoms with van der Waals surface area (Å²) < 4.78 is 13.1. The average molecular weight is 222 g/mol. The lowest BCUT2D eigenvalue weighted by atomic mass is 10.0. The quantitative estimate of drug-likeness (QED) is 0.781. The molecule has 2 N–H and O–H groups in total. The molecule has 1 aromatic carbocycles. The highest BCUT2D eigenvalue weighted by atomic mass is 19.1. The molecule has 0 aliphatic carbocycles. The second-order valence-electron chi connectivity index (χ2n) is 4.16. The Kier molecular flexibility index (Phi) is 2.92. The zero-order valence-electron chi connectivity index (χ0n) is 9.24. The van der Waals surface area contributed by atoms with Gasteiger partial charge in [0.2, 0.25) is 5.91 Å². The van der Waals surface area contributed by atoms with E-state index in [1.807, 2.05) is 0 Å². The maximum atomic E-state index is 13.1. The third-order valence-electron chi connectivity index (χ3n) is 2.82. The van der Waals surface area contributed by atoms with Gasteiger partial charge in [-0.2, -0.15) is 0 Å². The van der Waals surface area contributed by atoms with Crippen molar-refractivity contribution in [3.05, 3.63) is 29.6 Å². The van der Waals surface area contributed by atoms with Gasteiger partial charge < -0.3 is 10.6 Å². The fraction of sp³-hybridized carbons (Fsp3) is 0.417. The summed E-state index contributed by atoms with van der Waals surface area (Å²) in [4.78, 5) is 13.5. The Bertz CT molecular complexity index is 417. The van der Waals surface area contributed by atoms with Crippen molar-refractivity contribution in [3.63, 3.8) is 0 Å². The lowest BCUT2D eigenvalue weighted by Crippen LogP contribution is -2.44. The first-order chi connectivity index (χ1) is 7.59. The van der Waals surface area contributed by atoms with Gasteiger partial charge in [0.05, 0.1) is 6.04 Å². The van der Waals surface area contributed by atoms with Crippen LogP contribution in [-0.2, 0) is 11.2 Å². The minimum absolute atomic E-state index is 0.104. The number of rotatable bonds is 1. The molecule has 1 aliphatic rings. The summed E-state index contributed by atoms with van der Waals surface area (Å²) >= 11 is 0. The van der Waals surface area contributed by atoms with Crippen LogP contribution >= 0.6 is 0 Å². The van der Waals surface area contributed by atoms with Crippen LogP contribution in [0.25, 0.3) is 0 Å². The number of carbonyl (C=O) groups is 1. The van der Waals surface area contributed by atoms with E-state index in [0.717, 1.165) is 24.1 Å². The summed E-state index contributed by atoms with van der Waals surface area (Å²) in [5.74, 6) is -0.360. The van der Waals surface area contributed by atoms with Crippen LogP contribution in [0.2, 0.25) is 0 Å². The van der Waals surface area contributed by atoms with Gasteiger partial charge in [-0.25, -0.2) is 4.39 Å². The van der Waals surface area contributed by atoms with Crippen molar-refractivity contribution in [2.24, 2.45) is 5.73 Å². The van der Waals surface area contributed by atoms with Gasteiger partial charge in [-0.1, -0.05) is 0 Å². The van der Waals surface area contributed by atoms with E-state index < -0.39 is 6.04 Å². The summed E-state index contributed by atoms with van der Waals surface area (Å²) in [6, 6.07) is 4.02. The molecule has 0 fully saturated rings. The number of nitrogens with zero attached hydrogens (tertiary/aromatic N) is 1. The minimum Gasteiger partial charge on any atom is -0.320 e. The first kappa shape index (κ1) is 11.1. The molecule has 0 saturated carbocycles. The number of amides is 1. The second kappa shape index (κ2) is 4.22. The molecule has 1 amide bonds. The van der Waals surface area contributed by atoms with Gasteiger partial charge >= 0.3 is 0 Å². The fourth-order valence-electron chi connectivity index (χ4n) is 2.04. The molecular formula is C12H15FN2O. The number of fused-ring (bicyclic) bond motifs is 1. The van der Waals surface area contributed by atoms with E-state index in [1.165, 1.54) is 12.1 Å². The lowest BCUT2D eigenvalue weighted by molar-refractivity contribution is -0.119. The molecule has 0 bridgehead atoms. The first-order valence-electron chi connectivity index (χ1n) is 5.45. The largest absolute Gasteiger partial charge is 0.320 e. The monoisotopic (exact) mass is 222 g/mol. The van der Waals surface area contributed by atoms with Crippen molar-refractivity contribution < 1.29 is 9.18 Å². The number of halogens is 1. The van der Waals surface area contributed by atoms with Gasteiger partial charge in [0.25, 0.3) is 0 Å². The molecule has 1 aromatic rings. The topological polar surface area (TPSA) is 46.3 Å². The molecule has 0 radical (unpaired) electrons. The molecule has 4 heteroatoms. The summed E-state index contributed by atoms with van der Waals surface area (Å²) in [6.45, 7) is 2.33. The molecule has 86 valence electrons. The van der Waals surface area contributed by atoms with E-state index in [2.05, 4.69) is 0 Å². The first-order valence-corrected chi connectivity index (χ1v) is 5.45. The Morgan fingerprint density at radius 1 is 1.56 bits per heavy atom. The number of hydrogen-bond donors (Lipinski definition) is 1. The van der Waals surface area contributed by atoms with Crippen LogP contribution in [0, 0.1) is 5.82 Å². The molecule has 2 rings (SSSR count). The molecule has 0 aromatic heterocycles. The van der Waals surface area contributed by atoms with Gasteiger partial charge in [0.1, 0.15) is 5.82 Å². The fourth-order valence-corrected chi connectivity index (χ4v) is 2.04. The zero-order chi connectivity index (χ0) is 11.7. The SMILES string of the molecule is CC(N)C(=O)N1CCCc2cc(F)ccc21. The Labute approximate surface area is 94.0 Å². The summed E-state index contributed by atoms with van der Waals surface area (Å²) in [7, 11) is 0. The lowest BCUT2D eigenvalue weighted by Gasteiger charge is -2.30. The number of carbonyl (C=O) groups excluding carboxylic acids is 1. The van der Waals surface area contributed by atoms with E-state index in [4.69, 9.17) is 5.73 Å². The molecule has 3 nitrogen and oxygen atoms in total. The van der Waals surface area contributed by atoms with Crippen molar-refractivity contribution in [1.82, 2.24) is 0 Å². The predicted octanol–water partition coefficient (Wildman–Crippen LogP) is 1.45. The Morgan fingerprint density at radius 2 is 2.31 bits per heavy atom. The van der Waals surface area contributed by atoms with Gasteiger partial charge in [-0.05, 0) is 43.5 Å². The van der Waals surface area contributed by atoms with Gasteiger partial charge in [0.15, 0.2) is 0 Å². The van der Waals surface area contributed by atoms with Crippen LogP contribution in [0.3, 0.4) is 0 Å². The van der Waals surface area contributed by atoms with E-state index in [1.54, 1.807) is 17.9 Å². The van der Waals surface area contributed by atoms with Crippen molar-refractivity contribution in [2.75, 3.05) is 11.4 Å². The van der Waals surface area contributed by atoms with Crippen molar-refractivity contribution >= 4 is 11.6 Å². The third-order valence-corrected chi connectivity index (χ3v) is 2.82. The van der Waals surface area contributed by atoms with Crippen LogP contribution in [0.5, 0.6) is 0 Å². The average Bonchev–Trinajstić information content (AvgIpc) is 2.26. The van der Waals surface area contributed by atoms with Gasteiger partial charge in [0, 0.05) is 12.2 Å². The van der Waals surface area contributed by atoms with Crippen LogP contribution < -0.4 is 10.6 Å². The van der Waals surface area contributed by atoms with E-state index >= 15 is 0 Å². The molecule has 1 heterocycles. The number of aryl methyl sites for hydroxylation is 1. The zero-order valence-corrected chi connectivity index (χ0v) is 9.24. The maximum absolute atomic E-state index is 13.1. The van der Waals surface area contributed by atoms with Crippen LogP contribution in [0.15, 0.2) is 18.2 Å². The molecule has 1 aliphatic heterocycles. The number of benzene rings is 1. The maximum Gasteiger partial charge on any atom is 0.243 e. The third kappa shape index (κ3) is 1.93. The van der Waals surface area contributed by atoms with E-state index in [-0.39, 0.29) is 11.7 Å². The standard InChI is InChI=1S/C12H15FN2O/c1-8(14)12(16)15-6-2-3-9-7-10(13)4-5-11(9)15/h4-5,7-8H,2-3,6,14H2,1H3. The summed E-state index contributed by atoms with van der Waals surface area (Å²) in [6.07, 6.45) is 1.67. The van der Waals surface area contributed by atoms with Crippen LogP contribution in [0.1, 0.15) is 18.9 Å². The van der Waals surface area contributed by atoms with Crippen molar-refractivity contribution in [1.29, 1.82) is 0 Å². The number of hydrogen-bond acceptors (Lipinski definition) is 2. The summed E-state index contributed by atoms with van der Waals surface area (Å²) in [5.41, 5.74) is 7.28. The molecule has 0 spiro atoms. The summed E-state index contributed by atoms with van der Waals surface area (Å²) in [5, 5.41) is 0. The molecule has 0 saturated heterocycles. The minimum atomic E-state index is -0.518. The number of anilines is 1. The van der Waals surface area contributed by atoms with Crippen LogP contribution in [0.4, 0.5) is 10.1 Å². The highest BCUT2D eigenvalue weighted by molar-refractivity contribution is 5.97. The van der Waals surface area contributed by atoms with Gasteiger partial charge in [-0.15, -0.1) is 0 Å². The Morgan fingerprint density at radius 3 is 3.00 bits per heavy atom. The van der Waals surface area contributed by atoms with Crippen molar-refractivity contribution in [2.45, 2.75) is 25.8 Å². The number of nitrogens with two attached hydrogens (primary N) is 1. The Hall–Kier alpha value is -1.42. The molecular weight excluding hydrogens is 207 g/mol. The smallest absolute Gasteiger partial charge is 0.243 e. The molecule has 16 heavy (non-hydrogen) atoms. The molecule has 1 unspecified atom stereocenters. The van der Waals surface area contributed by atoms with Gasteiger partial charge in [-0.3, -0.25) is 4.79 Å². The molecule has 1 atom stereocenters.